The molecule has 2 bridgehead atoms. The number of rotatable bonds is 0. The summed E-state index contributed by atoms with van der Waals surface area (Å²) in [5.74, 6) is 0.958. The van der Waals surface area contributed by atoms with E-state index in [1.807, 2.05) is 0 Å². The zero-order chi connectivity index (χ0) is 11.5. The average Bonchev–Trinajstić information content (AvgIpc) is 2.59. The maximum absolute atomic E-state index is 9.21. The van der Waals surface area contributed by atoms with E-state index in [0.717, 1.165) is 5.92 Å². The predicted octanol–water partition coefficient (Wildman–Crippen LogP) is 2.72. The lowest BCUT2D eigenvalue weighted by Crippen LogP contribution is -2.05. The van der Waals surface area contributed by atoms with Crippen LogP contribution < -0.4 is 0 Å². The molecular formula is C10H14O5. The molecule has 5 heteroatoms. The molecule has 0 heterocycles. The van der Waals surface area contributed by atoms with Gasteiger partial charge in [0.05, 0.1) is 0 Å². The maximum Gasteiger partial charge on any atom is 0.516 e. The van der Waals surface area contributed by atoms with Crippen LogP contribution in [0.2, 0.25) is 0 Å². The van der Waals surface area contributed by atoms with Crippen LogP contribution in [0.4, 0.5) is 9.59 Å². The third-order valence-corrected chi connectivity index (χ3v) is 2.76. The molecule has 1 saturated carbocycles. The van der Waals surface area contributed by atoms with Crippen molar-refractivity contribution in [2.24, 2.45) is 11.3 Å². The van der Waals surface area contributed by atoms with Gasteiger partial charge in [0, 0.05) is 0 Å². The van der Waals surface area contributed by atoms with Gasteiger partial charge in [0.25, 0.3) is 0 Å². The molecule has 0 amide bonds. The highest BCUT2D eigenvalue weighted by Crippen LogP contribution is 2.48. The Bertz CT molecular complexity index is 284. The fraction of sp³-hybridized carbons (Fsp3) is 0.600. The van der Waals surface area contributed by atoms with Gasteiger partial charge in [-0.15, -0.1) is 0 Å². The van der Waals surface area contributed by atoms with Gasteiger partial charge in [-0.3, -0.25) is 0 Å². The molecule has 0 spiro atoms. The Balaban J connectivity index is 0.000000153. The summed E-state index contributed by atoms with van der Waals surface area (Å²) in [6, 6.07) is 0. The number of ether oxygens (including phenoxy) is 1. The van der Waals surface area contributed by atoms with Gasteiger partial charge in [0.1, 0.15) is 0 Å². The average molecular weight is 214 g/mol. The Morgan fingerprint density at radius 3 is 2.07 bits per heavy atom. The minimum absolute atomic E-state index is 0.630. The van der Waals surface area contributed by atoms with Gasteiger partial charge < -0.3 is 14.9 Å². The second-order valence-corrected chi connectivity index (χ2v) is 4.15. The highest BCUT2D eigenvalue weighted by molar-refractivity contribution is 5.74. The van der Waals surface area contributed by atoms with E-state index in [2.05, 4.69) is 23.8 Å². The number of carbonyl (C=O) groups is 2. The predicted molar refractivity (Wildman–Crippen MR) is 51.7 cm³/mol. The lowest BCUT2D eigenvalue weighted by molar-refractivity contribution is 0.0802. The first kappa shape index (κ1) is 11.6. The van der Waals surface area contributed by atoms with Gasteiger partial charge >= 0.3 is 12.3 Å². The first-order valence-electron chi connectivity index (χ1n) is 4.74. The van der Waals surface area contributed by atoms with Crippen LogP contribution in [0, 0.1) is 11.3 Å². The Morgan fingerprint density at radius 2 is 2.00 bits per heavy atom. The molecular weight excluding hydrogens is 200 g/mol. The van der Waals surface area contributed by atoms with E-state index in [1.165, 1.54) is 19.3 Å². The van der Waals surface area contributed by atoms with Crippen molar-refractivity contribution in [1.82, 2.24) is 0 Å². The van der Waals surface area contributed by atoms with Crippen LogP contribution in [-0.4, -0.2) is 22.5 Å². The molecule has 2 atom stereocenters. The monoisotopic (exact) mass is 214 g/mol. The van der Waals surface area contributed by atoms with E-state index in [4.69, 9.17) is 10.2 Å². The van der Waals surface area contributed by atoms with Crippen molar-refractivity contribution in [2.75, 3.05) is 0 Å². The molecule has 0 aromatic heterocycles. The lowest BCUT2D eigenvalue weighted by atomic mass is 9.91. The maximum atomic E-state index is 9.21. The molecule has 0 radical (unpaired) electrons. The quantitative estimate of drug-likeness (QED) is 0.368. The van der Waals surface area contributed by atoms with Gasteiger partial charge in [-0.1, -0.05) is 19.1 Å². The molecule has 0 aliphatic heterocycles. The minimum atomic E-state index is -1.81. The normalized spacial score (nSPS) is 30.6. The lowest BCUT2D eigenvalue weighted by Gasteiger charge is -2.14. The van der Waals surface area contributed by atoms with Crippen LogP contribution in [0.1, 0.15) is 26.2 Å². The number of hydrogen-bond acceptors (Lipinski definition) is 3. The van der Waals surface area contributed by atoms with Crippen molar-refractivity contribution >= 4 is 12.3 Å². The number of fused-ring (bicyclic) bond motifs is 2. The number of carboxylic acid groups (broad SMARTS) is 2. The molecule has 5 nitrogen and oxygen atoms in total. The molecule has 0 aromatic rings. The SMILES string of the molecule is CC12C=CC(CC1)C2.O=C(O)OC(=O)O. The minimum Gasteiger partial charge on any atom is -0.449 e. The molecule has 0 aromatic carbocycles. The third-order valence-electron chi connectivity index (χ3n) is 2.76. The second kappa shape index (κ2) is 4.33. The summed E-state index contributed by atoms with van der Waals surface area (Å²) in [4.78, 5) is 18.4. The number of allylic oxidation sites excluding steroid dienone is 2. The highest BCUT2D eigenvalue weighted by Gasteiger charge is 2.36. The molecule has 84 valence electrons. The van der Waals surface area contributed by atoms with Crippen LogP contribution in [0.5, 0.6) is 0 Å². The summed E-state index contributed by atoms with van der Waals surface area (Å²) in [7, 11) is 0. The first-order chi connectivity index (χ1) is 6.91. The summed E-state index contributed by atoms with van der Waals surface area (Å²) < 4.78 is 3.08. The van der Waals surface area contributed by atoms with Gasteiger partial charge in [0.2, 0.25) is 0 Å². The fourth-order valence-corrected chi connectivity index (χ4v) is 2.08. The summed E-state index contributed by atoms with van der Waals surface area (Å²) in [6.07, 6.45) is 5.50. The van der Waals surface area contributed by atoms with E-state index in [9.17, 15) is 9.59 Å². The molecule has 2 unspecified atom stereocenters. The second-order valence-electron chi connectivity index (χ2n) is 4.15. The van der Waals surface area contributed by atoms with Gasteiger partial charge in [-0.2, -0.15) is 0 Å². The number of hydrogen-bond donors (Lipinski definition) is 2. The van der Waals surface area contributed by atoms with Crippen LogP contribution in [-0.2, 0) is 4.74 Å². The van der Waals surface area contributed by atoms with Crippen molar-refractivity contribution in [3.8, 4) is 0 Å². The topological polar surface area (TPSA) is 83.8 Å². The van der Waals surface area contributed by atoms with Crippen molar-refractivity contribution in [2.45, 2.75) is 26.2 Å². The molecule has 2 rings (SSSR count). The summed E-state index contributed by atoms with van der Waals surface area (Å²) >= 11 is 0. The fourth-order valence-electron chi connectivity index (χ4n) is 2.08. The van der Waals surface area contributed by atoms with E-state index in [0.29, 0.717) is 5.41 Å². The third kappa shape index (κ3) is 3.61. The summed E-state index contributed by atoms with van der Waals surface area (Å²) in [5, 5.41) is 15.0. The molecule has 0 saturated heterocycles. The van der Waals surface area contributed by atoms with Crippen LogP contribution >= 0.6 is 0 Å². The van der Waals surface area contributed by atoms with E-state index >= 15 is 0 Å². The molecule has 2 aliphatic rings. The smallest absolute Gasteiger partial charge is 0.449 e. The zero-order valence-corrected chi connectivity index (χ0v) is 8.47. The van der Waals surface area contributed by atoms with Crippen LogP contribution in [0.15, 0.2) is 12.2 Å². The Labute approximate surface area is 87.4 Å². The molecule has 1 fully saturated rings. The zero-order valence-electron chi connectivity index (χ0n) is 8.47. The Kier molecular flexibility index (Phi) is 3.34. The highest BCUT2D eigenvalue weighted by atomic mass is 16.7. The van der Waals surface area contributed by atoms with E-state index < -0.39 is 12.3 Å². The van der Waals surface area contributed by atoms with E-state index in [1.54, 1.807) is 0 Å². The van der Waals surface area contributed by atoms with Gasteiger partial charge in [-0.25, -0.2) is 9.59 Å². The van der Waals surface area contributed by atoms with Crippen molar-refractivity contribution < 1.29 is 24.5 Å². The molecule has 2 aliphatic carbocycles. The van der Waals surface area contributed by atoms with Crippen molar-refractivity contribution in [1.29, 1.82) is 0 Å². The standard InChI is InChI=1S/C8H12.C2H2O5/c1-8-4-2-7(6-8)3-5-8;3-1(4)7-2(5)6/h2,4,7H,3,5-6H2,1H3;(H,3,4)(H,5,6). The molecule has 15 heavy (non-hydrogen) atoms. The van der Waals surface area contributed by atoms with Gasteiger partial charge in [-0.05, 0) is 30.6 Å². The van der Waals surface area contributed by atoms with Crippen molar-refractivity contribution in [3.05, 3.63) is 12.2 Å². The Hall–Kier alpha value is -1.52. The Morgan fingerprint density at radius 1 is 1.40 bits per heavy atom. The van der Waals surface area contributed by atoms with E-state index in [-0.39, 0.29) is 0 Å². The summed E-state index contributed by atoms with van der Waals surface area (Å²) in [6.45, 7) is 2.37. The largest absolute Gasteiger partial charge is 0.516 e. The van der Waals surface area contributed by atoms with Crippen molar-refractivity contribution in [3.63, 3.8) is 0 Å². The summed E-state index contributed by atoms with van der Waals surface area (Å²) in [5.41, 5.74) is 0.630. The first-order valence-corrected chi connectivity index (χ1v) is 4.74. The molecule has 2 N–H and O–H groups in total. The van der Waals surface area contributed by atoms with Crippen LogP contribution in [0.25, 0.3) is 0 Å². The van der Waals surface area contributed by atoms with Crippen LogP contribution in [0.3, 0.4) is 0 Å². The van der Waals surface area contributed by atoms with Gasteiger partial charge in [0.15, 0.2) is 0 Å².